The summed E-state index contributed by atoms with van der Waals surface area (Å²) in [5, 5.41) is 12.6. The van der Waals surface area contributed by atoms with Crippen molar-refractivity contribution in [2.24, 2.45) is 5.92 Å². The van der Waals surface area contributed by atoms with E-state index in [1.54, 1.807) is 18.2 Å². The molecule has 102 valence electrons. The Hall–Kier alpha value is -1.75. The number of amides is 1. The number of hydrogen-bond donors (Lipinski definition) is 2. The number of benzene rings is 1. The quantitative estimate of drug-likeness (QED) is 0.862. The Kier molecular flexibility index (Phi) is 3.29. The number of aliphatic hydroxyl groups is 1. The Balaban J connectivity index is 1.61. The molecule has 0 radical (unpaired) electrons. The molecule has 0 aromatic heterocycles. The van der Waals surface area contributed by atoms with Gasteiger partial charge in [-0.15, -0.1) is 0 Å². The highest BCUT2D eigenvalue weighted by atomic mass is 16.7. The van der Waals surface area contributed by atoms with Gasteiger partial charge in [0, 0.05) is 18.0 Å². The highest BCUT2D eigenvalue weighted by Gasteiger charge is 2.25. The van der Waals surface area contributed by atoms with E-state index >= 15 is 0 Å². The van der Waals surface area contributed by atoms with E-state index in [1.807, 2.05) is 0 Å². The first-order valence-electron chi connectivity index (χ1n) is 6.60. The smallest absolute Gasteiger partial charge is 0.251 e. The van der Waals surface area contributed by atoms with E-state index in [0.29, 0.717) is 23.6 Å². The minimum Gasteiger partial charge on any atom is -0.454 e. The van der Waals surface area contributed by atoms with Crippen molar-refractivity contribution >= 4 is 5.91 Å². The molecule has 1 aliphatic heterocycles. The lowest BCUT2D eigenvalue weighted by Crippen LogP contribution is -2.32. The Morgan fingerprint density at radius 2 is 2.16 bits per heavy atom. The standard InChI is InChI=1S/C14H17NO4/c16-11-3-1-2-10(11)7-15-14(17)9-4-5-12-13(6-9)19-8-18-12/h4-6,10-11,16H,1-3,7-8H2,(H,15,17). The summed E-state index contributed by atoms with van der Waals surface area (Å²) < 4.78 is 10.4. The second-order valence-electron chi connectivity index (χ2n) is 5.04. The maximum absolute atomic E-state index is 12.0. The lowest BCUT2D eigenvalue weighted by molar-refractivity contribution is 0.0916. The molecule has 0 saturated heterocycles. The lowest BCUT2D eigenvalue weighted by Gasteiger charge is -2.15. The molecule has 2 N–H and O–H groups in total. The van der Waals surface area contributed by atoms with Crippen LogP contribution in [0.1, 0.15) is 29.6 Å². The number of hydrogen-bond acceptors (Lipinski definition) is 4. The van der Waals surface area contributed by atoms with E-state index in [2.05, 4.69) is 5.32 Å². The van der Waals surface area contributed by atoms with E-state index in [4.69, 9.17) is 9.47 Å². The number of fused-ring (bicyclic) bond motifs is 1. The lowest BCUT2D eigenvalue weighted by atomic mass is 10.1. The largest absolute Gasteiger partial charge is 0.454 e. The van der Waals surface area contributed by atoms with Crippen LogP contribution in [0.2, 0.25) is 0 Å². The van der Waals surface area contributed by atoms with Crippen LogP contribution in [-0.4, -0.2) is 30.5 Å². The molecule has 1 aliphatic carbocycles. The first-order chi connectivity index (χ1) is 9.24. The first-order valence-corrected chi connectivity index (χ1v) is 6.60. The highest BCUT2D eigenvalue weighted by molar-refractivity contribution is 5.94. The summed E-state index contributed by atoms with van der Waals surface area (Å²) >= 11 is 0. The zero-order valence-corrected chi connectivity index (χ0v) is 10.6. The summed E-state index contributed by atoms with van der Waals surface area (Å²) in [7, 11) is 0. The maximum Gasteiger partial charge on any atom is 0.251 e. The summed E-state index contributed by atoms with van der Waals surface area (Å²) in [6.45, 7) is 0.725. The number of rotatable bonds is 3. The molecular formula is C14H17NO4. The number of carbonyl (C=O) groups is 1. The first kappa shape index (κ1) is 12.3. The van der Waals surface area contributed by atoms with Gasteiger partial charge >= 0.3 is 0 Å². The van der Waals surface area contributed by atoms with Gasteiger partial charge in [-0.25, -0.2) is 0 Å². The van der Waals surface area contributed by atoms with Gasteiger partial charge in [0.05, 0.1) is 6.10 Å². The Morgan fingerprint density at radius 3 is 2.95 bits per heavy atom. The van der Waals surface area contributed by atoms with Crippen molar-refractivity contribution in [3.63, 3.8) is 0 Å². The molecule has 5 nitrogen and oxygen atoms in total. The van der Waals surface area contributed by atoms with Crippen LogP contribution in [0, 0.1) is 5.92 Å². The fourth-order valence-corrected chi connectivity index (χ4v) is 2.62. The number of nitrogens with one attached hydrogen (secondary N) is 1. The van der Waals surface area contributed by atoms with Gasteiger partial charge in [-0.1, -0.05) is 6.42 Å². The van der Waals surface area contributed by atoms with E-state index in [0.717, 1.165) is 19.3 Å². The monoisotopic (exact) mass is 263 g/mol. The predicted octanol–water partition coefficient (Wildman–Crippen LogP) is 1.31. The number of carbonyl (C=O) groups excluding carboxylic acids is 1. The van der Waals surface area contributed by atoms with Gasteiger partial charge in [0.15, 0.2) is 11.5 Å². The molecule has 1 aromatic rings. The molecule has 3 rings (SSSR count). The second-order valence-corrected chi connectivity index (χ2v) is 5.04. The van der Waals surface area contributed by atoms with Crippen LogP contribution in [0.25, 0.3) is 0 Å². The molecule has 0 bridgehead atoms. The Bertz CT molecular complexity index is 488. The number of ether oxygens (including phenoxy) is 2. The molecule has 1 saturated carbocycles. The van der Waals surface area contributed by atoms with Crippen LogP contribution in [-0.2, 0) is 0 Å². The Morgan fingerprint density at radius 1 is 1.32 bits per heavy atom. The molecule has 1 aromatic carbocycles. The van der Waals surface area contributed by atoms with Gasteiger partial charge in [0.2, 0.25) is 6.79 Å². The van der Waals surface area contributed by atoms with Crippen molar-refractivity contribution in [2.75, 3.05) is 13.3 Å². The summed E-state index contributed by atoms with van der Waals surface area (Å²) in [6, 6.07) is 5.14. The maximum atomic E-state index is 12.0. The third-order valence-electron chi connectivity index (χ3n) is 3.78. The fourth-order valence-electron chi connectivity index (χ4n) is 2.62. The minimum atomic E-state index is -0.281. The van der Waals surface area contributed by atoms with Crippen LogP contribution in [0.15, 0.2) is 18.2 Å². The van der Waals surface area contributed by atoms with Crippen LogP contribution in [0.4, 0.5) is 0 Å². The average Bonchev–Trinajstić information content (AvgIpc) is 3.03. The third-order valence-corrected chi connectivity index (χ3v) is 3.78. The third kappa shape index (κ3) is 2.51. The molecule has 2 aliphatic rings. The molecule has 1 heterocycles. The highest BCUT2D eigenvalue weighted by Crippen LogP contribution is 2.32. The molecular weight excluding hydrogens is 246 g/mol. The summed E-state index contributed by atoms with van der Waals surface area (Å²) in [5.74, 6) is 1.31. The van der Waals surface area contributed by atoms with Crippen molar-refractivity contribution in [2.45, 2.75) is 25.4 Å². The van der Waals surface area contributed by atoms with Crippen molar-refractivity contribution in [3.8, 4) is 11.5 Å². The zero-order chi connectivity index (χ0) is 13.2. The van der Waals surface area contributed by atoms with E-state index in [-0.39, 0.29) is 24.7 Å². The SMILES string of the molecule is O=C(NCC1CCCC1O)c1ccc2c(c1)OCO2. The fraction of sp³-hybridized carbons (Fsp3) is 0.500. The molecule has 1 fully saturated rings. The van der Waals surface area contributed by atoms with Gasteiger partial charge in [0.25, 0.3) is 5.91 Å². The van der Waals surface area contributed by atoms with Crippen molar-refractivity contribution in [1.82, 2.24) is 5.32 Å². The van der Waals surface area contributed by atoms with Gasteiger partial charge < -0.3 is 19.9 Å². The van der Waals surface area contributed by atoms with Crippen LogP contribution in [0.3, 0.4) is 0 Å². The second kappa shape index (κ2) is 5.09. The van der Waals surface area contributed by atoms with Crippen LogP contribution in [0.5, 0.6) is 11.5 Å². The van der Waals surface area contributed by atoms with Crippen LogP contribution < -0.4 is 14.8 Å². The van der Waals surface area contributed by atoms with Crippen LogP contribution >= 0.6 is 0 Å². The molecule has 2 atom stereocenters. The van der Waals surface area contributed by atoms with Gasteiger partial charge in [0.1, 0.15) is 0 Å². The summed E-state index contributed by atoms with van der Waals surface area (Å²) in [6.07, 6.45) is 2.57. The van der Waals surface area contributed by atoms with Gasteiger partial charge in [-0.05, 0) is 31.0 Å². The van der Waals surface area contributed by atoms with Gasteiger partial charge in [-0.2, -0.15) is 0 Å². The van der Waals surface area contributed by atoms with E-state index in [9.17, 15) is 9.90 Å². The van der Waals surface area contributed by atoms with Gasteiger partial charge in [-0.3, -0.25) is 4.79 Å². The molecule has 1 amide bonds. The minimum absolute atomic E-state index is 0.141. The van der Waals surface area contributed by atoms with E-state index in [1.165, 1.54) is 0 Å². The Labute approximate surface area is 111 Å². The zero-order valence-electron chi connectivity index (χ0n) is 10.6. The topological polar surface area (TPSA) is 67.8 Å². The van der Waals surface area contributed by atoms with E-state index < -0.39 is 0 Å². The normalized spacial score (nSPS) is 24.5. The summed E-state index contributed by atoms with van der Waals surface area (Å²) in [4.78, 5) is 12.0. The number of aliphatic hydroxyl groups excluding tert-OH is 1. The summed E-state index contributed by atoms with van der Waals surface area (Å²) in [5.41, 5.74) is 0.553. The average molecular weight is 263 g/mol. The molecule has 0 spiro atoms. The van der Waals surface area contributed by atoms with Crippen molar-refractivity contribution < 1.29 is 19.4 Å². The molecule has 2 unspecified atom stereocenters. The predicted molar refractivity (Wildman–Crippen MR) is 68.2 cm³/mol. The van der Waals surface area contributed by atoms with Crippen molar-refractivity contribution in [3.05, 3.63) is 23.8 Å². The van der Waals surface area contributed by atoms with Crippen molar-refractivity contribution in [1.29, 1.82) is 0 Å². The molecule has 5 heteroatoms. The molecule has 19 heavy (non-hydrogen) atoms.